The molecule has 0 aliphatic carbocycles. The van der Waals surface area contributed by atoms with Crippen LogP contribution in [0.1, 0.15) is 65.4 Å². The van der Waals surface area contributed by atoms with Gasteiger partial charge in [-0.2, -0.15) is 0 Å². The Morgan fingerprint density at radius 2 is 1.86 bits per heavy atom. The highest BCUT2D eigenvalue weighted by Gasteiger charge is 2.31. The fourth-order valence-corrected chi connectivity index (χ4v) is 5.14. The highest BCUT2D eigenvalue weighted by molar-refractivity contribution is 5.81. The van der Waals surface area contributed by atoms with Crippen molar-refractivity contribution in [1.29, 1.82) is 0 Å². The molecule has 5 atom stereocenters. The number of rotatable bonds is 18. The van der Waals surface area contributed by atoms with Gasteiger partial charge in [-0.3, -0.25) is 4.79 Å². The number of benzene rings is 1. The fraction of sp³-hybridized carbons (Fsp3) is 0.767. The SMILES string of the molecule is COCCCOc1cc(C[C@@H](C[C@H](N)[C@@H](O)C[C@H](C(=O)C[C@@H]2CCOC2)C(C)C)C(C)C)ccc1OC. The zero-order valence-corrected chi connectivity index (χ0v) is 23.9. The Balaban J connectivity index is 2.00. The van der Waals surface area contributed by atoms with Crippen LogP contribution in [0.5, 0.6) is 11.5 Å². The van der Waals surface area contributed by atoms with Gasteiger partial charge >= 0.3 is 0 Å². The lowest BCUT2D eigenvalue weighted by Gasteiger charge is -2.30. The lowest BCUT2D eigenvalue weighted by Crippen LogP contribution is -2.40. The minimum atomic E-state index is -0.715. The Bertz CT molecular complexity index is 792. The van der Waals surface area contributed by atoms with Gasteiger partial charge in [-0.25, -0.2) is 0 Å². The maximum absolute atomic E-state index is 13.0. The highest BCUT2D eigenvalue weighted by Crippen LogP contribution is 2.32. The molecule has 0 unspecified atom stereocenters. The minimum absolute atomic E-state index is 0.166. The van der Waals surface area contributed by atoms with Gasteiger partial charge in [0.05, 0.1) is 19.8 Å². The number of carbonyl (C=O) groups is 1. The molecule has 7 heteroatoms. The Labute approximate surface area is 224 Å². The summed E-state index contributed by atoms with van der Waals surface area (Å²) in [7, 11) is 3.33. The zero-order chi connectivity index (χ0) is 27.4. The average molecular weight is 522 g/mol. The second-order valence-corrected chi connectivity index (χ2v) is 11.3. The van der Waals surface area contributed by atoms with E-state index in [2.05, 4.69) is 33.8 Å². The van der Waals surface area contributed by atoms with Crippen LogP contribution in [-0.2, 0) is 20.7 Å². The van der Waals surface area contributed by atoms with E-state index in [0.717, 1.165) is 37.2 Å². The Morgan fingerprint density at radius 3 is 2.46 bits per heavy atom. The first-order valence-corrected chi connectivity index (χ1v) is 14.0. The maximum Gasteiger partial charge on any atom is 0.161 e. The summed E-state index contributed by atoms with van der Waals surface area (Å²) in [5.74, 6) is 2.63. The van der Waals surface area contributed by atoms with Crippen LogP contribution in [0.15, 0.2) is 18.2 Å². The molecule has 2 rings (SSSR count). The summed E-state index contributed by atoms with van der Waals surface area (Å²) < 4.78 is 22.0. The predicted molar refractivity (Wildman–Crippen MR) is 147 cm³/mol. The van der Waals surface area contributed by atoms with Gasteiger partial charge in [-0.05, 0) is 67.1 Å². The minimum Gasteiger partial charge on any atom is -0.493 e. The molecule has 7 nitrogen and oxygen atoms in total. The molecule has 0 aromatic heterocycles. The number of ketones is 1. The van der Waals surface area contributed by atoms with E-state index in [1.165, 1.54) is 0 Å². The van der Waals surface area contributed by atoms with Crippen LogP contribution in [0, 0.1) is 29.6 Å². The number of methoxy groups -OCH3 is 2. The number of nitrogens with two attached hydrogens (primary N) is 1. The second-order valence-electron chi connectivity index (χ2n) is 11.3. The van der Waals surface area contributed by atoms with Crippen LogP contribution < -0.4 is 15.2 Å². The Hall–Kier alpha value is -1.67. The van der Waals surface area contributed by atoms with Crippen LogP contribution in [-0.4, -0.2) is 63.7 Å². The van der Waals surface area contributed by atoms with Crippen molar-refractivity contribution in [3.8, 4) is 11.5 Å². The van der Waals surface area contributed by atoms with Crippen molar-refractivity contribution < 1.29 is 28.8 Å². The predicted octanol–water partition coefficient (Wildman–Crippen LogP) is 4.66. The number of carbonyl (C=O) groups excluding carboxylic acids is 1. The lowest BCUT2D eigenvalue weighted by atomic mass is 9.79. The van der Waals surface area contributed by atoms with Gasteiger partial charge in [-0.1, -0.05) is 33.8 Å². The summed E-state index contributed by atoms with van der Waals surface area (Å²) in [6.45, 7) is 11.1. The van der Waals surface area contributed by atoms with Crippen LogP contribution in [0.3, 0.4) is 0 Å². The van der Waals surface area contributed by atoms with Crippen molar-refractivity contribution in [3.05, 3.63) is 23.8 Å². The van der Waals surface area contributed by atoms with Gasteiger partial charge in [0.2, 0.25) is 0 Å². The first kappa shape index (κ1) is 31.5. The summed E-state index contributed by atoms with van der Waals surface area (Å²) in [6.07, 6.45) is 3.49. The summed E-state index contributed by atoms with van der Waals surface area (Å²) in [6, 6.07) is 5.67. The van der Waals surface area contributed by atoms with Gasteiger partial charge in [-0.15, -0.1) is 0 Å². The van der Waals surface area contributed by atoms with Crippen LogP contribution in [0.25, 0.3) is 0 Å². The van der Waals surface area contributed by atoms with Crippen molar-refractivity contribution >= 4 is 5.78 Å². The molecule has 1 aliphatic rings. The molecule has 1 fully saturated rings. The molecular formula is C30H51NO6. The number of aliphatic hydroxyl groups excluding tert-OH is 1. The molecule has 0 bridgehead atoms. The van der Waals surface area contributed by atoms with Crippen molar-refractivity contribution in [2.45, 2.75) is 78.4 Å². The van der Waals surface area contributed by atoms with Gasteiger partial charge in [0.25, 0.3) is 0 Å². The fourth-order valence-electron chi connectivity index (χ4n) is 5.14. The molecule has 1 aromatic carbocycles. The number of aliphatic hydroxyl groups is 1. The molecule has 3 N–H and O–H groups in total. The van der Waals surface area contributed by atoms with E-state index in [-0.39, 0.29) is 29.6 Å². The average Bonchev–Trinajstić information content (AvgIpc) is 3.37. The van der Waals surface area contributed by atoms with Crippen LogP contribution in [0.4, 0.5) is 0 Å². The third-order valence-corrected chi connectivity index (χ3v) is 7.72. The topological polar surface area (TPSA) is 100 Å². The van der Waals surface area contributed by atoms with E-state index in [1.807, 2.05) is 12.1 Å². The van der Waals surface area contributed by atoms with Gasteiger partial charge < -0.3 is 29.8 Å². The summed E-state index contributed by atoms with van der Waals surface area (Å²) in [5, 5.41) is 11.0. The molecule has 1 aliphatic heterocycles. The van der Waals surface area contributed by atoms with Crippen molar-refractivity contribution in [2.75, 3.05) is 40.6 Å². The summed E-state index contributed by atoms with van der Waals surface area (Å²) in [4.78, 5) is 13.0. The van der Waals surface area contributed by atoms with Gasteiger partial charge in [0.15, 0.2) is 11.5 Å². The van der Waals surface area contributed by atoms with E-state index in [0.29, 0.717) is 56.7 Å². The molecule has 0 amide bonds. The first-order valence-electron chi connectivity index (χ1n) is 14.0. The number of ether oxygens (including phenoxy) is 4. The molecule has 0 spiro atoms. The molecule has 0 radical (unpaired) electrons. The molecule has 1 saturated heterocycles. The zero-order valence-electron chi connectivity index (χ0n) is 23.9. The van der Waals surface area contributed by atoms with Gasteiger partial charge in [0, 0.05) is 51.7 Å². The lowest BCUT2D eigenvalue weighted by molar-refractivity contribution is -0.126. The second kappa shape index (κ2) is 16.3. The van der Waals surface area contributed by atoms with E-state index in [4.69, 9.17) is 24.7 Å². The molecule has 212 valence electrons. The smallest absolute Gasteiger partial charge is 0.161 e. The third-order valence-electron chi connectivity index (χ3n) is 7.72. The highest BCUT2D eigenvalue weighted by atomic mass is 16.5. The van der Waals surface area contributed by atoms with Crippen LogP contribution in [0.2, 0.25) is 0 Å². The molecular weight excluding hydrogens is 470 g/mol. The molecule has 0 saturated carbocycles. The molecule has 1 aromatic rings. The number of hydrogen-bond acceptors (Lipinski definition) is 7. The summed E-state index contributed by atoms with van der Waals surface area (Å²) in [5.41, 5.74) is 7.70. The molecule has 37 heavy (non-hydrogen) atoms. The van der Waals surface area contributed by atoms with E-state index < -0.39 is 6.10 Å². The van der Waals surface area contributed by atoms with Crippen LogP contribution >= 0.6 is 0 Å². The maximum atomic E-state index is 13.0. The van der Waals surface area contributed by atoms with E-state index in [1.54, 1.807) is 14.2 Å². The monoisotopic (exact) mass is 521 g/mol. The number of hydrogen-bond donors (Lipinski definition) is 2. The molecule has 1 heterocycles. The van der Waals surface area contributed by atoms with Crippen molar-refractivity contribution in [2.24, 2.45) is 35.3 Å². The largest absolute Gasteiger partial charge is 0.493 e. The standard InChI is InChI=1S/C30H51NO6/c1-20(2)24(14-22-8-9-29(35-6)30(16-22)37-12-7-11-34-5)17-26(31)28(33)18-25(21(3)4)27(32)15-23-10-13-36-19-23/h8-9,16,20-21,23-26,28,33H,7,10-15,17-19,31H2,1-6H3/t23-,24-,25-,26-,28-/m0/s1. The quantitative estimate of drug-likeness (QED) is 0.271. The summed E-state index contributed by atoms with van der Waals surface area (Å²) >= 11 is 0. The van der Waals surface area contributed by atoms with E-state index >= 15 is 0 Å². The van der Waals surface area contributed by atoms with Crippen molar-refractivity contribution in [1.82, 2.24) is 0 Å². The van der Waals surface area contributed by atoms with E-state index in [9.17, 15) is 9.90 Å². The van der Waals surface area contributed by atoms with Crippen molar-refractivity contribution in [3.63, 3.8) is 0 Å². The normalized spacial score (nSPS) is 19.1. The number of Topliss-reactive ketones (excluding diaryl/α,β-unsaturated/α-hetero) is 1. The Kier molecular flexibility index (Phi) is 13.9. The Morgan fingerprint density at radius 1 is 1.11 bits per heavy atom. The third kappa shape index (κ3) is 10.5. The first-order chi connectivity index (χ1) is 17.7. The van der Waals surface area contributed by atoms with Gasteiger partial charge in [0.1, 0.15) is 5.78 Å².